The van der Waals surface area contributed by atoms with Crippen LogP contribution in [0.2, 0.25) is 0 Å². The van der Waals surface area contributed by atoms with Crippen LogP contribution >= 0.6 is 0 Å². The SMILES string of the molecule is CC(C)C(CN)c1ncc(-c2ccc(C(C)(C)C)cc2)[nH]1. The lowest BCUT2D eigenvalue weighted by atomic mass is 9.86. The molecular weight excluding hydrogens is 258 g/mol. The normalized spacial score (nSPS) is 13.7. The monoisotopic (exact) mass is 285 g/mol. The Morgan fingerprint density at radius 3 is 2.24 bits per heavy atom. The smallest absolute Gasteiger partial charge is 0.111 e. The molecule has 2 aromatic rings. The first-order valence-electron chi connectivity index (χ1n) is 7.69. The Balaban J connectivity index is 2.25. The third kappa shape index (κ3) is 3.53. The summed E-state index contributed by atoms with van der Waals surface area (Å²) in [6.45, 7) is 11.7. The molecule has 114 valence electrons. The van der Waals surface area contributed by atoms with Gasteiger partial charge in [0, 0.05) is 12.5 Å². The maximum atomic E-state index is 5.86. The van der Waals surface area contributed by atoms with E-state index >= 15 is 0 Å². The molecule has 1 heterocycles. The van der Waals surface area contributed by atoms with Gasteiger partial charge in [-0.1, -0.05) is 58.9 Å². The molecule has 0 radical (unpaired) electrons. The lowest BCUT2D eigenvalue weighted by Crippen LogP contribution is -2.19. The lowest BCUT2D eigenvalue weighted by Gasteiger charge is -2.19. The molecule has 3 nitrogen and oxygen atoms in total. The second-order valence-electron chi connectivity index (χ2n) is 7.10. The van der Waals surface area contributed by atoms with Crippen LogP contribution in [0.1, 0.15) is 51.9 Å². The van der Waals surface area contributed by atoms with Crippen LogP contribution in [0.5, 0.6) is 0 Å². The van der Waals surface area contributed by atoms with E-state index in [1.54, 1.807) is 0 Å². The largest absolute Gasteiger partial charge is 0.342 e. The van der Waals surface area contributed by atoms with Crippen LogP contribution in [0.4, 0.5) is 0 Å². The standard InChI is InChI=1S/C18H27N3/c1-12(2)15(10-19)17-20-11-16(21-17)13-6-8-14(9-7-13)18(3,4)5/h6-9,11-12,15H,10,19H2,1-5H3,(H,20,21). The van der Waals surface area contributed by atoms with Crippen molar-refractivity contribution in [2.75, 3.05) is 6.54 Å². The average Bonchev–Trinajstić information content (AvgIpc) is 2.88. The van der Waals surface area contributed by atoms with Crippen molar-refractivity contribution < 1.29 is 0 Å². The highest BCUT2D eigenvalue weighted by molar-refractivity contribution is 5.59. The molecule has 0 aliphatic carbocycles. The first-order valence-corrected chi connectivity index (χ1v) is 7.69. The fourth-order valence-corrected chi connectivity index (χ4v) is 2.52. The van der Waals surface area contributed by atoms with Crippen LogP contribution in [-0.2, 0) is 5.41 Å². The fourth-order valence-electron chi connectivity index (χ4n) is 2.52. The second kappa shape index (κ2) is 6.02. The van der Waals surface area contributed by atoms with Crippen LogP contribution < -0.4 is 5.73 Å². The number of H-pyrrole nitrogens is 1. The summed E-state index contributed by atoms with van der Waals surface area (Å²) in [6.07, 6.45) is 1.91. The maximum Gasteiger partial charge on any atom is 0.111 e. The topological polar surface area (TPSA) is 54.7 Å². The van der Waals surface area contributed by atoms with Crippen molar-refractivity contribution in [2.24, 2.45) is 11.7 Å². The molecule has 0 amide bonds. The van der Waals surface area contributed by atoms with Crippen molar-refractivity contribution in [2.45, 2.75) is 46.0 Å². The Kier molecular flexibility index (Phi) is 4.52. The number of imidazole rings is 1. The van der Waals surface area contributed by atoms with Gasteiger partial charge >= 0.3 is 0 Å². The molecule has 0 saturated heterocycles. The summed E-state index contributed by atoms with van der Waals surface area (Å²) < 4.78 is 0. The van der Waals surface area contributed by atoms with Gasteiger partial charge < -0.3 is 10.7 Å². The summed E-state index contributed by atoms with van der Waals surface area (Å²) in [6, 6.07) is 8.70. The van der Waals surface area contributed by atoms with Crippen molar-refractivity contribution in [3.63, 3.8) is 0 Å². The summed E-state index contributed by atoms with van der Waals surface area (Å²) >= 11 is 0. The number of aromatic nitrogens is 2. The van der Waals surface area contributed by atoms with E-state index in [-0.39, 0.29) is 11.3 Å². The molecule has 3 heteroatoms. The Hall–Kier alpha value is -1.61. The summed E-state index contributed by atoms with van der Waals surface area (Å²) in [7, 11) is 0. The first-order chi connectivity index (χ1) is 9.82. The zero-order valence-electron chi connectivity index (χ0n) is 13.8. The van der Waals surface area contributed by atoms with E-state index in [1.165, 1.54) is 11.1 Å². The minimum absolute atomic E-state index is 0.181. The summed E-state index contributed by atoms with van der Waals surface area (Å²) in [5.74, 6) is 1.76. The van der Waals surface area contributed by atoms with Crippen LogP contribution in [-0.4, -0.2) is 16.5 Å². The molecule has 0 bridgehead atoms. The lowest BCUT2D eigenvalue weighted by molar-refractivity contribution is 0.487. The third-order valence-electron chi connectivity index (χ3n) is 4.07. The number of nitrogens with one attached hydrogen (secondary N) is 1. The quantitative estimate of drug-likeness (QED) is 0.889. The first kappa shape index (κ1) is 15.8. The van der Waals surface area contributed by atoms with Gasteiger partial charge in [-0.05, 0) is 22.5 Å². The van der Waals surface area contributed by atoms with Gasteiger partial charge in [0.1, 0.15) is 5.82 Å². The molecular formula is C18H27N3. The van der Waals surface area contributed by atoms with E-state index in [4.69, 9.17) is 5.73 Å². The Morgan fingerprint density at radius 2 is 1.76 bits per heavy atom. The number of aromatic amines is 1. The Morgan fingerprint density at radius 1 is 1.14 bits per heavy atom. The van der Waals surface area contributed by atoms with E-state index < -0.39 is 0 Å². The zero-order chi connectivity index (χ0) is 15.6. The van der Waals surface area contributed by atoms with E-state index in [0.717, 1.165) is 11.5 Å². The maximum absolute atomic E-state index is 5.86. The van der Waals surface area contributed by atoms with Gasteiger partial charge in [-0.3, -0.25) is 0 Å². The molecule has 0 aliphatic rings. The highest BCUT2D eigenvalue weighted by atomic mass is 14.9. The zero-order valence-corrected chi connectivity index (χ0v) is 13.8. The third-order valence-corrected chi connectivity index (χ3v) is 4.07. The fraction of sp³-hybridized carbons (Fsp3) is 0.500. The van der Waals surface area contributed by atoms with Crippen molar-refractivity contribution in [1.82, 2.24) is 9.97 Å². The minimum atomic E-state index is 0.181. The highest BCUT2D eigenvalue weighted by Crippen LogP contribution is 2.27. The molecule has 1 aromatic carbocycles. The number of benzene rings is 1. The van der Waals surface area contributed by atoms with E-state index in [0.29, 0.717) is 12.5 Å². The van der Waals surface area contributed by atoms with Gasteiger partial charge in [0.15, 0.2) is 0 Å². The van der Waals surface area contributed by atoms with Gasteiger partial charge in [0.2, 0.25) is 0 Å². The average molecular weight is 285 g/mol. The van der Waals surface area contributed by atoms with Gasteiger partial charge in [0.05, 0.1) is 11.9 Å². The van der Waals surface area contributed by atoms with Crippen LogP contribution in [0.25, 0.3) is 11.3 Å². The number of nitrogens with zero attached hydrogens (tertiary/aromatic N) is 1. The minimum Gasteiger partial charge on any atom is -0.342 e. The predicted molar refractivity (Wildman–Crippen MR) is 89.4 cm³/mol. The predicted octanol–water partition coefficient (Wildman–Crippen LogP) is 4.07. The number of hydrogen-bond acceptors (Lipinski definition) is 2. The molecule has 0 aliphatic heterocycles. The molecule has 1 atom stereocenters. The molecule has 1 aromatic heterocycles. The van der Waals surface area contributed by atoms with E-state index in [1.807, 2.05) is 6.20 Å². The number of rotatable bonds is 4. The highest BCUT2D eigenvalue weighted by Gasteiger charge is 2.18. The molecule has 0 spiro atoms. The Bertz CT molecular complexity index is 573. The number of hydrogen-bond donors (Lipinski definition) is 2. The second-order valence-corrected chi connectivity index (χ2v) is 7.10. The summed E-state index contributed by atoms with van der Waals surface area (Å²) in [5, 5.41) is 0. The van der Waals surface area contributed by atoms with Crippen molar-refractivity contribution in [3.8, 4) is 11.3 Å². The Labute approximate surface area is 128 Å². The molecule has 3 N–H and O–H groups in total. The van der Waals surface area contributed by atoms with Crippen molar-refractivity contribution in [1.29, 1.82) is 0 Å². The number of nitrogens with two attached hydrogens (primary N) is 1. The summed E-state index contributed by atoms with van der Waals surface area (Å²) in [5.41, 5.74) is 9.61. The van der Waals surface area contributed by atoms with E-state index in [9.17, 15) is 0 Å². The molecule has 2 rings (SSSR count). The van der Waals surface area contributed by atoms with Crippen molar-refractivity contribution >= 4 is 0 Å². The molecule has 0 fully saturated rings. The van der Waals surface area contributed by atoms with Crippen LogP contribution in [0.3, 0.4) is 0 Å². The van der Waals surface area contributed by atoms with E-state index in [2.05, 4.69) is 68.9 Å². The van der Waals surface area contributed by atoms with Gasteiger partial charge in [-0.2, -0.15) is 0 Å². The van der Waals surface area contributed by atoms with Crippen LogP contribution in [0, 0.1) is 5.92 Å². The van der Waals surface area contributed by atoms with Crippen molar-refractivity contribution in [3.05, 3.63) is 41.9 Å². The summed E-state index contributed by atoms with van der Waals surface area (Å²) in [4.78, 5) is 7.95. The molecule has 0 saturated carbocycles. The molecule has 21 heavy (non-hydrogen) atoms. The molecule has 1 unspecified atom stereocenters. The van der Waals surface area contributed by atoms with Crippen LogP contribution in [0.15, 0.2) is 30.5 Å². The van der Waals surface area contributed by atoms with Gasteiger partial charge in [0.25, 0.3) is 0 Å². The van der Waals surface area contributed by atoms with Gasteiger partial charge in [-0.15, -0.1) is 0 Å². The van der Waals surface area contributed by atoms with Gasteiger partial charge in [-0.25, -0.2) is 4.98 Å².